The summed E-state index contributed by atoms with van der Waals surface area (Å²) in [5, 5.41) is 9.18. The third-order valence-electron chi connectivity index (χ3n) is 4.40. The van der Waals surface area contributed by atoms with Crippen molar-refractivity contribution in [3.05, 3.63) is 30.5 Å². The Balaban J connectivity index is 2.12. The number of pyridine rings is 1. The molecule has 0 N–H and O–H groups in total. The highest BCUT2D eigenvalue weighted by Gasteiger charge is 2.35. The number of rotatable bonds is 6. The Morgan fingerprint density at radius 2 is 1.97 bits per heavy atom. The largest absolute Gasteiger partial charge is 0.471 e. The Hall–Kier alpha value is -2.38. The molecule has 0 bridgehead atoms. The number of benzene rings is 1. The van der Waals surface area contributed by atoms with E-state index in [0.717, 1.165) is 22.8 Å². The summed E-state index contributed by atoms with van der Waals surface area (Å²) >= 11 is 1.52. The van der Waals surface area contributed by atoms with Crippen molar-refractivity contribution in [2.24, 2.45) is 7.05 Å². The summed E-state index contributed by atoms with van der Waals surface area (Å²) in [7, 11) is -4.63. The minimum absolute atomic E-state index is 0.272. The van der Waals surface area contributed by atoms with Crippen molar-refractivity contribution in [2.75, 3.05) is 12.0 Å². The number of aromatic nitrogens is 3. The highest BCUT2D eigenvalue weighted by Crippen LogP contribution is 2.77. The molecule has 2 aromatic heterocycles. The van der Waals surface area contributed by atoms with Crippen molar-refractivity contribution >= 4 is 33.1 Å². The quantitative estimate of drug-likeness (QED) is 0.356. The first kappa shape index (κ1) is 22.3. The van der Waals surface area contributed by atoms with Crippen molar-refractivity contribution in [3.8, 4) is 23.3 Å². The molecule has 10 heteroatoms. The number of thioether (sulfide) groups is 1. The van der Waals surface area contributed by atoms with Crippen LogP contribution in [-0.4, -0.2) is 32.1 Å². The second-order valence-corrected chi connectivity index (χ2v) is 11.7. The molecule has 162 valence electrons. The Bertz CT molecular complexity index is 1150. The molecule has 5 nitrogen and oxygen atoms in total. The summed E-state index contributed by atoms with van der Waals surface area (Å²) in [5.74, 6) is 1.67. The summed E-state index contributed by atoms with van der Waals surface area (Å²) in [5.41, 5.74) is 0.408. The predicted molar refractivity (Wildman–Crippen MR) is 117 cm³/mol. The molecular weight excluding hydrogens is 433 g/mol. The molecule has 1 aromatic carbocycles. The molecule has 3 aromatic rings. The van der Waals surface area contributed by atoms with E-state index in [4.69, 9.17) is 4.74 Å². The fourth-order valence-corrected chi connectivity index (χ4v) is 4.51. The Kier molecular flexibility index (Phi) is 5.50. The first-order chi connectivity index (χ1) is 13.8. The van der Waals surface area contributed by atoms with E-state index >= 15 is 0 Å². The number of hydrogen-bond acceptors (Lipinski definition) is 5. The van der Waals surface area contributed by atoms with E-state index in [1.54, 1.807) is 31.5 Å². The third-order valence-corrected chi connectivity index (χ3v) is 6.69. The van der Waals surface area contributed by atoms with Crippen LogP contribution in [0.15, 0.2) is 40.3 Å². The maximum Gasteiger partial charge on any atom is 0.188 e. The smallest absolute Gasteiger partial charge is 0.188 e. The van der Waals surface area contributed by atoms with E-state index in [-0.39, 0.29) is 5.52 Å². The fraction of sp³-hybridized carbons (Fsp3) is 0.350. The van der Waals surface area contributed by atoms with E-state index in [0.29, 0.717) is 29.0 Å². The zero-order chi connectivity index (χ0) is 22.3. The number of thiol groups is 1. The van der Waals surface area contributed by atoms with E-state index in [1.807, 2.05) is 6.92 Å². The number of hydrogen-bond donors (Lipinski definition) is 1. The maximum absolute atomic E-state index is 13.9. The number of fused-ring (bicyclic) bond motifs is 1. The molecule has 0 fully saturated rings. The van der Waals surface area contributed by atoms with E-state index in [9.17, 15) is 16.9 Å². The highest BCUT2D eigenvalue weighted by molar-refractivity contribution is 8.37. The van der Waals surface area contributed by atoms with Gasteiger partial charge in [-0.05, 0) is 43.9 Å². The summed E-state index contributed by atoms with van der Waals surface area (Å²) in [6.45, 7) is 5.29. The third kappa shape index (κ3) is 4.52. The normalized spacial score (nSPS) is 13.6. The minimum Gasteiger partial charge on any atom is -0.471 e. The van der Waals surface area contributed by atoms with Gasteiger partial charge in [-0.3, -0.25) is 0 Å². The maximum atomic E-state index is 13.9. The molecule has 0 atom stereocenters. The predicted octanol–water partition coefficient (Wildman–Crippen LogP) is 6.14. The average molecular weight is 457 g/mol. The summed E-state index contributed by atoms with van der Waals surface area (Å²) in [6, 6.07) is 7.52. The molecule has 0 amide bonds. The Labute approximate surface area is 178 Å². The molecule has 0 spiro atoms. The van der Waals surface area contributed by atoms with Crippen LogP contribution >= 0.6 is 22.1 Å². The molecule has 0 radical (unpaired) electrons. The number of ether oxygens (including phenoxy) is 1. The number of aryl methyl sites for hydroxylation is 1. The summed E-state index contributed by atoms with van der Waals surface area (Å²) < 4.78 is 49.0. The van der Waals surface area contributed by atoms with Crippen molar-refractivity contribution in [1.29, 1.82) is 5.26 Å². The Morgan fingerprint density at radius 3 is 2.57 bits per heavy atom. The van der Waals surface area contributed by atoms with Gasteiger partial charge >= 0.3 is 0 Å². The lowest BCUT2D eigenvalue weighted by molar-refractivity contribution is 0.169. The Morgan fingerprint density at radius 1 is 1.27 bits per heavy atom. The molecule has 0 aliphatic rings. The zero-order valence-electron chi connectivity index (χ0n) is 17.3. The minimum atomic E-state index is -6.38. The van der Waals surface area contributed by atoms with E-state index in [2.05, 4.69) is 16.0 Å². The standard InChI is InChI=1S/C20H23F3N4OS2/c1-6-29-17-9-13(28-20(2,3)12-24)11-25-18(17)19-26-15-10-14(30(5,21,22)23)7-8-16(15)27(19)4/h7-11,30H,6H2,1-5H3. The van der Waals surface area contributed by atoms with Crippen LogP contribution in [0.2, 0.25) is 0 Å². The first-order valence-electron chi connectivity index (χ1n) is 9.19. The fourth-order valence-electron chi connectivity index (χ4n) is 2.93. The lowest BCUT2D eigenvalue weighted by Gasteiger charge is -2.33. The van der Waals surface area contributed by atoms with Crippen molar-refractivity contribution in [2.45, 2.75) is 36.2 Å². The lowest BCUT2D eigenvalue weighted by Crippen LogP contribution is -2.25. The average Bonchev–Trinajstić information content (AvgIpc) is 2.97. The van der Waals surface area contributed by atoms with Crippen LogP contribution in [0.3, 0.4) is 0 Å². The molecule has 0 aliphatic carbocycles. The number of halogens is 3. The van der Waals surface area contributed by atoms with Crippen molar-refractivity contribution < 1.29 is 16.4 Å². The van der Waals surface area contributed by atoms with Crippen LogP contribution in [0.25, 0.3) is 22.6 Å². The lowest BCUT2D eigenvalue weighted by atomic mass is 10.2. The van der Waals surface area contributed by atoms with Crippen molar-refractivity contribution in [1.82, 2.24) is 14.5 Å². The second kappa shape index (κ2) is 7.39. The highest BCUT2D eigenvalue weighted by atomic mass is 32.4. The van der Waals surface area contributed by atoms with Crippen LogP contribution in [0, 0.1) is 11.3 Å². The molecule has 0 aliphatic heterocycles. The van der Waals surface area contributed by atoms with E-state index in [1.165, 1.54) is 24.0 Å². The topological polar surface area (TPSA) is 63.7 Å². The van der Waals surface area contributed by atoms with Gasteiger partial charge in [0.15, 0.2) is 11.4 Å². The van der Waals surface area contributed by atoms with Crippen molar-refractivity contribution in [3.63, 3.8) is 0 Å². The van der Waals surface area contributed by atoms with Gasteiger partial charge < -0.3 is 9.30 Å². The van der Waals surface area contributed by atoms with Crippen LogP contribution < -0.4 is 4.74 Å². The molecular formula is C20H23F3N4OS2. The van der Waals surface area contributed by atoms with Crippen LogP contribution in [-0.2, 0) is 7.05 Å². The molecule has 2 heterocycles. The van der Waals surface area contributed by atoms with Gasteiger partial charge in [-0.15, -0.1) is 11.8 Å². The van der Waals surface area contributed by atoms with Gasteiger partial charge in [0.2, 0.25) is 0 Å². The summed E-state index contributed by atoms with van der Waals surface area (Å²) in [6.07, 6.45) is 1.86. The monoisotopic (exact) mass is 456 g/mol. The van der Waals surface area contributed by atoms with E-state index < -0.39 is 20.8 Å². The van der Waals surface area contributed by atoms with Gasteiger partial charge in [0, 0.05) is 23.1 Å². The molecule has 0 saturated heterocycles. The molecule has 0 saturated carbocycles. The van der Waals surface area contributed by atoms with Gasteiger partial charge in [-0.2, -0.15) is 16.9 Å². The van der Waals surface area contributed by atoms with Gasteiger partial charge in [-0.1, -0.05) is 6.92 Å². The second-order valence-electron chi connectivity index (χ2n) is 7.52. The molecule has 0 unspecified atom stereocenters. The zero-order valence-corrected chi connectivity index (χ0v) is 19.0. The number of nitrogens with zero attached hydrogens (tertiary/aromatic N) is 4. The SMILES string of the molecule is CCSc1cc(OC(C)(C)C#N)cnc1-c1nc2cc([SH](C)(F)(F)F)ccc2n1C. The van der Waals surface area contributed by atoms with Crippen LogP contribution in [0.4, 0.5) is 11.7 Å². The van der Waals surface area contributed by atoms with Gasteiger partial charge in [0.05, 0.1) is 27.5 Å². The van der Waals surface area contributed by atoms with Crippen LogP contribution in [0.1, 0.15) is 20.8 Å². The molecule has 30 heavy (non-hydrogen) atoms. The van der Waals surface area contributed by atoms with Gasteiger partial charge in [0.1, 0.15) is 17.5 Å². The van der Waals surface area contributed by atoms with Crippen LogP contribution in [0.5, 0.6) is 5.75 Å². The summed E-state index contributed by atoms with van der Waals surface area (Å²) in [4.78, 5) is 9.09. The van der Waals surface area contributed by atoms with Gasteiger partial charge in [-0.25, -0.2) is 9.97 Å². The van der Waals surface area contributed by atoms with Gasteiger partial charge in [0.25, 0.3) is 0 Å². The number of imidazole rings is 1. The number of nitriles is 1. The molecule has 3 rings (SSSR count). The first-order valence-corrected chi connectivity index (χ1v) is 12.5.